The first-order valence-electron chi connectivity index (χ1n) is 8.63. The van der Waals surface area contributed by atoms with Crippen molar-refractivity contribution < 1.29 is 4.74 Å². The van der Waals surface area contributed by atoms with Crippen molar-refractivity contribution in [2.24, 2.45) is 5.92 Å². The Labute approximate surface area is 152 Å². The Balaban J connectivity index is 1.49. The van der Waals surface area contributed by atoms with Gasteiger partial charge in [-0.25, -0.2) is 0 Å². The molecule has 1 aliphatic carbocycles. The molecule has 1 N–H and O–H groups in total. The van der Waals surface area contributed by atoms with E-state index in [1.54, 1.807) is 4.88 Å². The lowest BCUT2D eigenvalue weighted by Crippen LogP contribution is -2.42. The molecule has 3 nitrogen and oxygen atoms in total. The molecular weight excluding hydrogens is 336 g/mol. The van der Waals surface area contributed by atoms with E-state index in [0.29, 0.717) is 12.6 Å². The summed E-state index contributed by atoms with van der Waals surface area (Å²) in [5.74, 6) is 1.66. The first-order chi connectivity index (χ1) is 11.8. The summed E-state index contributed by atoms with van der Waals surface area (Å²) in [6.07, 6.45) is 3.74. The van der Waals surface area contributed by atoms with Crippen molar-refractivity contribution in [3.05, 3.63) is 46.2 Å². The Kier molecular flexibility index (Phi) is 4.46. The minimum absolute atomic E-state index is 0.461. The minimum Gasteiger partial charge on any atom is -0.494 e. The van der Waals surface area contributed by atoms with Gasteiger partial charge < -0.3 is 15.0 Å². The molecule has 0 spiro atoms. The summed E-state index contributed by atoms with van der Waals surface area (Å²) in [6, 6.07) is 10.8. The number of thiocarbonyl (C=S) groups is 1. The smallest absolute Gasteiger partial charge is 0.173 e. The van der Waals surface area contributed by atoms with Gasteiger partial charge in [-0.1, -0.05) is 0 Å². The third-order valence-corrected chi connectivity index (χ3v) is 6.09. The molecule has 1 aliphatic heterocycles. The second-order valence-electron chi connectivity index (χ2n) is 6.41. The second kappa shape index (κ2) is 6.73. The van der Waals surface area contributed by atoms with Crippen molar-refractivity contribution in [1.82, 2.24) is 4.90 Å². The zero-order valence-electron chi connectivity index (χ0n) is 13.8. The second-order valence-corrected chi connectivity index (χ2v) is 7.80. The molecule has 2 aliphatic rings. The molecular formula is C19H22N2OS2. The number of ether oxygens (including phenoxy) is 1. The molecule has 1 aromatic heterocycles. The van der Waals surface area contributed by atoms with Gasteiger partial charge in [0.2, 0.25) is 0 Å². The number of benzene rings is 1. The third-order valence-electron chi connectivity index (χ3n) is 4.76. The van der Waals surface area contributed by atoms with E-state index in [4.69, 9.17) is 17.0 Å². The number of anilines is 1. The number of hydrogen-bond acceptors (Lipinski definition) is 3. The normalized spacial score (nSPS) is 19.7. The van der Waals surface area contributed by atoms with Crippen molar-refractivity contribution in [2.75, 3.05) is 18.5 Å². The molecule has 24 heavy (non-hydrogen) atoms. The summed E-state index contributed by atoms with van der Waals surface area (Å²) in [4.78, 5) is 3.95. The van der Waals surface area contributed by atoms with E-state index in [-0.39, 0.29) is 0 Å². The minimum atomic E-state index is 0.461. The first kappa shape index (κ1) is 15.9. The lowest BCUT2D eigenvalue weighted by molar-refractivity contribution is 0.276. The fourth-order valence-electron chi connectivity index (χ4n) is 3.49. The van der Waals surface area contributed by atoms with E-state index in [0.717, 1.165) is 35.4 Å². The van der Waals surface area contributed by atoms with Gasteiger partial charge in [0.05, 0.1) is 12.6 Å². The fourth-order valence-corrected chi connectivity index (χ4v) is 4.73. The number of nitrogens with one attached hydrogen (secondary N) is 1. The predicted octanol–water partition coefficient (Wildman–Crippen LogP) is 4.85. The van der Waals surface area contributed by atoms with Crippen LogP contribution in [0.3, 0.4) is 0 Å². The van der Waals surface area contributed by atoms with E-state index in [1.165, 1.54) is 18.4 Å². The lowest BCUT2D eigenvalue weighted by Gasteiger charge is -2.38. The van der Waals surface area contributed by atoms with E-state index >= 15 is 0 Å². The standard InChI is InChI=1S/C19H22N2OS2/c1-2-22-15-7-5-14(6-8-15)20-19(23)21-11-9-17-16(10-12-24-17)18(21)13-3-4-13/h5-8,10,12-13,18H,2-4,9,11H2,1H3,(H,20,23)/t18-/m1/s1. The monoisotopic (exact) mass is 358 g/mol. The predicted molar refractivity (Wildman–Crippen MR) is 104 cm³/mol. The molecule has 0 unspecified atom stereocenters. The lowest BCUT2D eigenvalue weighted by atomic mass is 9.96. The Hall–Kier alpha value is -1.59. The van der Waals surface area contributed by atoms with Gasteiger partial charge in [-0.15, -0.1) is 11.3 Å². The zero-order valence-corrected chi connectivity index (χ0v) is 15.5. The largest absolute Gasteiger partial charge is 0.494 e. The number of hydrogen-bond donors (Lipinski definition) is 1. The van der Waals surface area contributed by atoms with Crippen LogP contribution in [0.25, 0.3) is 0 Å². The molecule has 0 saturated heterocycles. The average Bonchev–Trinajstić information content (AvgIpc) is 3.32. The summed E-state index contributed by atoms with van der Waals surface area (Å²) in [7, 11) is 0. The van der Waals surface area contributed by atoms with Gasteiger partial charge in [0, 0.05) is 17.1 Å². The van der Waals surface area contributed by atoms with Crippen LogP contribution in [0.4, 0.5) is 5.69 Å². The highest BCUT2D eigenvalue weighted by molar-refractivity contribution is 7.80. The quantitative estimate of drug-likeness (QED) is 0.790. The molecule has 1 aromatic carbocycles. The molecule has 5 heteroatoms. The van der Waals surface area contributed by atoms with Crippen LogP contribution in [0.2, 0.25) is 0 Å². The van der Waals surface area contributed by atoms with E-state index in [1.807, 2.05) is 42.5 Å². The van der Waals surface area contributed by atoms with Gasteiger partial charge in [-0.2, -0.15) is 0 Å². The average molecular weight is 359 g/mol. The van der Waals surface area contributed by atoms with Gasteiger partial charge in [0.1, 0.15) is 5.75 Å². The molecule has 1 fully saturated rings. The van der Waals surface area contributed by atoms with E-state index in [2.05, 4.69) is 21.7 Å². The maximum absolute atomic E-state index is 5.75. The molecule has 0 bridgehead atoms. The van der Waals surface area contributed by atoms with Crippen LogP contribution in [-0.4, -0.2) is 23.2 Å². The van der Waals surface area contributed by atoms with Gasteiger partial charge in [0.15, 0.2) is 5.11 Å². The number of fused-ring (bicyclic) bond motifs is 1. The molecule has 1 atom stereocenters. The Morgan fingerprint density at radius 3 is 2.79 bits per heavy atom. The van der Waals surface area contributed by atoms with Gasteiger partial charge in [0.25, 0.3) is 0 Å². The molecule has 126 valence electrons. The highest BCUT2D eigenvalue weighted by atomic mass is 32.1. The summed E-state index contributed by atoms with van der Waals surface area (Å²) in [6.45, 7) is 3.69. The van der Waals surface area contributed by atoms with Crippen LogP contribution in [0.5, 0.6) is 5.75 Å². The molecule has 0 radical (unpaired) electrons. The van der Waals surface area contributed by atoms with Crippen molar-refractivity contribution in [2.45, 2.75) is 32.2 Å². The van der Waals surface area contributed by atoms with E-state index < -0.39 is 0 Å². The molecule has 2 aromatic rings. The Bertz CT molecular complexity index is 721. The summed E-state index contributed by atoms with van der Waals surface area (Å²) in [5.41, 5.74) is 2.53. The van der Waals surface area contributed by atoms with Gasteiger partial charge >= 0.3 is 0 Å². The highest BCUT2D eigenvalue weighted by Crippen LogP contribution is 2.48. The number of thiophene rings is 1. The van der Waals surface area contributed by atoms with Crippen LogP contribution in [0.15, 0.2) is 35.7 Å². The first-order valence-corrected chi connectivity index (χ1v) is 9.92. The number of nitrogens with zero attached hydrogens (tertiary/aromatic N) is 1. The fraction of sp³-hybridized carbons (Fsp3) is 0.421. The summed E-state index contributed by atoms with van der Waals surface area (Å²) < 4.78 is 5.50. The van der Waals surface area contributed by atoms with Crippen LogP contribution in [-0.2, 0) is 6.42 Å². The molecule has 0 amide bonds. The van der Waals surface area contributed by atoms with Crippen molar-refractivity contribution in [1.29, 1.82) is 0 Å². The maximum Gasteiger partial charge on any atom is 0.173 e. The van der Waals surface area contributed by atoms with Crippen LogP contribution < -0.4 is 10.1 Å². The van der Waals surface area contributed by atoms with Gasteiger partial charge in [-0.05, 0) is 85.6 Å². The van der Waals surface area contributed by atoms with Crippen molar-refractivity contribution in [3.63, 3.8) is 0 Å². The summed E-state index contributed by atoms with van der Waals surface area (Å²) in [5, 5.41) is 6.49. The van der Waals surface area contributed by atoms with Crippen LogP contribution in [0, 0.1) is 5.92 Å². The Morgan fingerprint density at radius 1 is 1.29 bits per heavy atom. The topological polar surface area (TPSA) is 24.5 Å². The van der Waals surface area contributed by atoms with Crippen molar-refractivity contribution >= 4 is 34.4 Å². The zero-order chi connectivity index (χ0) is 16.5. The highest BCUT2D eigenvalue weighted by Gasteiger charge is 2.40. The van der Waals surface area contributed by atoms with Gasteiger partial charge in [-0.3, -0.25) is 0 Å². The maximum atomic E-state index is 5.75. The van der Waals surface area contributed by atoms with Crippen molar-refractivity contribution in [3.8, 4) is 5.75 Å². The Morgan fingerprint density at radius 2 is 2.08 bits per heavy atom. The summed E-state index contributed by atoms with van der Waals surface area (Å²) >= 11 is 7.65. The number of rotatable bonds is 4. The molecule has 1 saturated carbocycles. The van der Waals surface area contributed by atoms with E-state index in [9.17, 15) is 0 Å². The SMILES string of the molecule is CCOc1ccc(NC(=S)N2CCc3sccc3[C@H]2C2CC2)cc1. The van der Waals surface area contributed by atoms with Crippen LogP contribution in [0.1, 0.15) is 36.2 Å². The molecule has 2 heterocycles. The third kappa shape index (κ3) is 3.15. The van der Waals surface area contributed by atoms with Crippen LogP contribution >= 0.6 is 23.6 Å². The molecule has 4 rings (SSSR count).